The molecule has 128 valence electrons. The van der Waals surface area contributed by atoms with Crippen LogP contribution in [0.1, 0.15) is 80.6 Å². The standard InChI is InChI=1S/C20H27N3O/c1-14(20-22-19(23-24-20)16-10-6-3-7-11-16)21-13-17-12-18(17)15-8-4-2-5-9-15/h2,4-5,8-9,14,16-18,21H,3,6-7,10-13H2,1H3/t14?,17-,18-/m0/s1. The first-order valence-electron chi connectivity index (χ1n) is 9.43. The molecule has 4 nitrogen and oxygen atoms in total. The zero-order valence-electron chi connectivity index (χ0n) is 14.4. The van der Waals surface area contributed by atoms with Crippen LogP contribution in [0.4, 0.5) is 0 Å². The minimum absolute atomic E-state index is 0.131. The maximum Gasteiger partial charge on any atom is 0.243 e. The first-order valence-corrected chi connectivity index (χ1v) is 9.43. The van der Waals surface area contributed by atoms with Crippen molar-refractivity contribution in [3.05, 3.63) is 47.6 Å². The second kappa shape index (κ2) is 7.06. The first-order chi connectivity index (χ1) is 11.8. The predicted molar refractivity (Wildman–Crippen MR) is 93.8 cm³/mol. The Labute approximate surface area is 144 Å². The highest BCUT2D eigenvalue weighted by atomic mass is 16.5. The summed E-state index contributed by atoms with van der Waals surface area (Å²) in [5, 5.41) is 7.82. The van der Waals surface area contributed by atoms with E-state index in [1.54, 1.807) is 0 Å². The summed E-state index contributed by atoms with van der Waals surface area (Å²) < 4.78 is 5.52. The third-order valence-electron chi connectivity index (χ3n) is 5.63. The number of aromatic nitrogens is 2. The molecular formula is C20H27N3O. The Morgan fingerprint density at radius 2 is 1.96 bits per heavy atom. The summed E-state index contributed by atoms with van der Waals surface area (Å²) in [5.74, 6) is 3.62. The summed E-state index contributed by atoms with van der Waals surface area (Å²) in [5.41, 5.74) is 1.47. The molecule has 24 heavy (non-hydrogen) atoms. The number of hydrogen-bond acceptors (Lipinski definition) is 4. The Morgan fingerprint density at radius 3 is 2.75 bits per heavy atom. The molecule has 2 aromatic rings. The van der Waals surface area contributed by atoms with Gasteiger partial charge < -0.3 is 9.84 Å². The van der Waals surface area contributed by atoms with Crippen LogP contribution in [0, 0.1) is 5.92 Å². The van der Waals surface area contributed by atoms with Gasteiger partial charge in [0.1, 0.15) is 0 Å². The fourth-order valence-electron chi connectivity index (χ4n) is 3.95. The molecule has 0 spiro atoms. The van der Waals surface area contributed by atoms with E-state index < -0.39 is 0 Å². The molecule has 2 aliphatic carbocycles. The quantitative estimate of drug-likeness (QED) is 0.845. The van der Waals surface area contributed by atoms with E-state index in [9.17, 15) is 0 Å². The van der Waals surface area contributed by atoms with Gasteiger partial charge in [-0.3, -0.25) is 0 Å². The van der Waals surface area contributed by atoms with Crippen molar-refractivity contribution in [1.29, 1.82) is 0 Å². The Hall–Kier alpha value is -1.68. The number of benzene rings is 1. The van der Waals surface area contributed by atoms with Gasteiger partial charge in [0, 0.05) is 5.92 Å². The minimum atomic E-state index is 0.131. The molecule has 0 amide bonds. The summed E-state index contributed by atoms with van der Waals surface area (Å²) in [7, 11) is 0. The van der Waals surface area contributed by atoms with Crippen molar-refractivity contribution in [3.8, 4) is 0 Å². The molecule has 4 rings (SSSR count). The first kappa shape index (κ1) is 15.8. The largest absolute Gasteiger partial charge is 0.338 e. The van der Waals surface area contributed by atoms with E-state index in [-0.39, 0.29) is 6.04 Å². The lowest BCUT2D eigenvalue weighted by atomic mass is 9.89. The van der Waals surface area contributed by atoms with Gasteiger partial charge in [0.2, 0.25) is 5.89 Å². The van der Waals surface area contributed by atoms with E-state index in [2.05, 4.69) is 52.7 Å². The summed E-state index contributed by atoms with van der Waals surface area (Å²) in [6.07, 6.45) is 7.64. The average molecular weight is 325 g/mol. The Balaban J connectivity index is 1.28. The lowest BCUT2D eigenvalue weighted by molar-refractivity contribution is 0.328. The predicted octanol–water partition coefficient (Wildman–Crippen LogP) is 4.57. The summed E-state index contributed by atoms with van der Waals surface area (Å²) in [4.78, 5) is 4.67. The van der Waals surface area contributed by atoms with Crippen LogP contribution in [0.3, 0.4) is 0 Å². The molecule has 1 heterocycles. The van der Waals surface area contributed by atoms with Crippen LogP contribution in [0.5, 0.6) is 0 Å². The number of rotatable bonds is 6. The minimum Gasteiger partial charge on any atom is -0.338 e. The molecule has 3 atom stereocenters. The van der Waals surface area contributed by atoms with Gasteiger partial charge in [0.25, 0.3) is 0 Å². The van der Waals surface area contributed by atoms with Crippen LogP contribution >= 0.6 is 0 Å². The van der Waals surface area contributed by atoms with Gasteiger partial charge in [-0.1, -0.05) is 54.8 Å². The second-order valence-electron chi connectivity index (χ2n) is 7.47. The molecule has 1 aromatic carbocycles. The Bertz CT molecular complexity index is 648. The second-order valence-corrected chi connectivity index (χ2v) is 7.47. The summed E-state index contributed by atoms with van der Waals surface area (Å²) >= 11 is 0. The van der Waals surface area contributed by atoms with Gasteiger partial charge in [-0.25, -0.2) is 0 Å². The van der Waals surface area contributed by atoms with Crippen molar-refractivity contribution >= 4 is 0 Å². The molecule has 0 aliphatic heterocycles. The van der Waals surface area contributed by atoms with Crippen LogP contribution in [0.25, 0.3) is 0 Å². The van der Waals surface area contributed by atoms with Crippen molar-refractivity contribution in [1.82, 2.24) is 15.5 Å². The molecular weight excluding hydrogens is 298 g/mol. The molecule has 0 radical (unpaired) electrons. The van der Waals surface area contributed by atoms with Crippen molar-refractivity contribution in [2.45, 2.75) is 63.3 Å². The van der Waals surface area contributed by atoms with Gasteiger partial charge in [-0.15, -0.1) is 0 Å². The fourth-order valence-corrected chi connectivity index (χ4v) is 3.95. The molecule has 4 heteroatoms. The molecule has 1 unspecified atom stereocenters. The van der Waals surface area contributed by atoms with Crippen LogP contribution in [-0.2, 0) is 0 Å². The van der Waals surface area contributed by atoms with Gasteiger partial charge in [-0.05, 0) is 50.1 Å². The van der Waals surface area contributed by atoms with E-state index in [4.69, 9.17) is 4.52 Å². The van der Waals surface area contributed by atoms with Gasteiger partial charge in [-0.2, -0.15) is 4.98 Å². The van der Waals surface area contributed by atoms with Crippen molar-refractivity contribution < 1.29 is 4.52 Å². The van der Waals surface area contributed by atoms with E-state index in [1.807, 2.05) is 0 Å². The molecule has 2 aliphatic rings. The molecule has 0 bridgehead atoms. The van der Waals surface area contributed by atoms with Crippen molar-refractivity contribution in [2.24, 2.45) is 5.92 Å². The monoisotopic (exact) mass is 325 g/mol. The van der Waals surface area contributed by atoms with E-state index >= 15 is 0 Å². The maximum absolute atomic E-state index is 5.52. The van der Waals surface area contributed by atoms with E-state index in [0.29, 0.717) is 11.8 Å². The SMILES string of the molecule is CC(NC[C@@H]1C[C@H]1c1ccccc1)c1nc(C2CCCCC2)no1. The Morgan fingerprint density at radius 1 is 1.17 bits per heavy atom. The van der Waals surface area contributed by atoms with Crippen LogP contribution < -0.4 is 5.32 Å². The van der Waals surface area contributed by atoms with Gasteiger partial charge in [0.05, 0.1) is 6.04 Å². The van der Waals surface area contributed by atoms with Crippen LogP contribution in [-0.4, -0.2) is 16.7 Å². The van der Waals surface area contributed by atoms with Gasteiger partial charge >= 0.3 is 0 Å². The third kappa shape index (κ3) is 3.54. The number of hydrogen-bond donors (Lipinski definition) is 1. The zero-order valence-corrected chi connectivity index (χ0v) is 14.4. The molecule has 1 aromatic heterocycles. The molecule has 1 N–H and O–H groups in total. The summed E-state index contributed by atoms with van der Waals surface area (Å²) in [6.45, 7) is 3.14. The zero-order chi connectivity index (χ0) is 16.4. The normalized spacial score (nSPS) is 25.5. The smallest absolute Gasteiger partial charge is 0.243 e. The van der Waals surface area contributed by atoms with E-state index in [0.717, 1.165) is 24.2 Å². The van der Waals surface area contributed by atoms with Gasteiger partial charge in [0.15, 0.2) is 5.82 Å². The number of nitrogens with zero attached hydrogens (tertiary/aromatic N) is 2. The van der Waals surface area contributed by atoms with Crippen LogP contribution in [0.15, 0.2) is 34.9 Å². The lowest BCUT2D eigenvalue weighted by Crippen LogP contribution is -2.22. The average Bonchev–Trinajstić information content (AvgIpc) is 3.25. The highest BCUT2D eigenvalue weighted by Crippen LogP contribution is 2.47. The van der Waals surface area contributed by atoms with E-state index in [1.165, 1.54) is 44.1 Å². The molecule has 2 saturated carbocycles. The van der Waals surface area contributed by atoms with Crippen LogP contribution in [0.2, 0.25) is 0 Å². The lowest BCUT2D eigenvalue weighted by Gasteiger charge is -2.17. The highest BCUT2D eigenvalue weighted by Gasteiger charge is 2.38. The topological polar surface area (TPSA) is 51.0 Å². The number of nitrogens with one attached hydrogen (secondary N) is 1. The molecule has 2 fully saturated rings. The summed E-state index contributed by atoms with van der Waals surface area (Å²) in [6, 6.07) is 11.0. The molecule has 0 saturated heterocycles. The van der Waals surface area contributed by atoms with Crippen molar-refractivity contribution in [3.63, 3.8) is 0 Å². The third-order valence-corrected chi connectivity index (χ3v) is 5.63. The van der Waals surface area contributed by atoms with Crippen molar-refractivity contribution in [2.75, 3.05) is 6.54 Å². The fraction of sp³-hybridized carbons (Fsp3) is 0.600. The Kier molecular flexibility index (Phi) is 4.65. The highest BCUT2D eigenvalue weighted by molar-refractivity contribution is 5.25. The maximum atomic E-state index is 5.52.